The summed E-state index contributed by atoms with van der Waals surface area (Å²) in [5.74, 6) is 0.387. The lowest BCUT2D eigenvalue weighted by Gasteiger charge is -2.30. The third kappa shape index (κ3) is 5.45. The van der Waals surface area contributed by atoms with Gasteiger partial charge in [0.25, 0.3) is 10.0 Å². The summed E-state index contributed by atoms with van der Waals surface area (Å²) in [4.78, 5) is 0.122. The van der Waals surface area contributed by atoms with Crippen LogP contribution in [-0.4, -0.2) is 57.1 Å². The third-order valence-corrected chi connectivity index (χ3v) is 6.07. The smallest absolute Gasteiger partial charge is 0.264 e. The first-order valence-electron chi connectivity index (χ1n) is 8.96. The molecule has 8 heteroatoms. The number of benzene rings is 2. The molecule has 7 nitrogen and oxygen atoms in total. The minimum absolute atomic E-state index is 0.113. The number of anilines is 1. The molecule has 0 spiro atoms. The Kier molecular flexibility index (Phi) is 7.42. The zero-order valence-electron chi connectivity index (χ0n) is 16.4. The highest BCUT2D eigenvalue weighted by Gasteiger charge is 2.29. The zero-order valence-corrected chi connectivity index (χ0v) is 17.2. The van der Waals surface area contributed by atoms with Gasteiger partial charge in [-0.3, -0.25) is 4.31 Å². The van der Waals surface area contributed by atoms with Gasteiger partial charge in [0.1, 0.15) is 5.75 Å². The fourth-order valence-corrected chi connectivity index (χ4v) is 4.12. The average Bonchev–Trinajstić information content (AvgIpc) is 2.71. The second kappa shape index (κ2) is 9.38. The van der Waals surface area contributed by atoms with Crippen molar-refractivity contribution in [2.75, 3.05) is 31.1 Å². The SMILES string of the molecule is COc1ccccc1N(C[C@H](O)CNC(C)(C)CO)S(=O)(=O)c1ccccc1. The van der Waals surface area contributed by atoms with Gasteiger partial charge in [-0.2, -0.15) is 0 Å². The van der Waals surface area contributed by atoms with Gasteiger partial charge in [0, 0.05) is 12.1 Å². The van der Waals surface area contributed by atoms with Crippen molar-refractivity contribution in [2.24, 2.45) is 0 Å². The van der Waals surface area contributed by atoms with E-state index in [1.54, 1.807) is 56.3 Å². The molecule has 0 aliphatic rings. The Morgan fingerprint density at radius 1 is 1.11 bits per heavy atom. The highest BCUT2D eigenvalue weighted by atomic mass is 32.2. The number of β-amino-alcohol motifs (C(OH)–C–C–N with tert-alkyl or cyclic N) is 1. The minimum Gasteiger partial charge on any atom is -0.495 e. The Morgan fingerprint density at radius 2 is 1.71 bits per heavy atom. The summed E-state index contributed by atoms with van der Waals surface area (Å²) in [7, 11) is -2.46. The largest absolute Gasteiger partial charge is 0.495 e. The van der Waals surface area contributed by atoms with Crippen molar-refractivity contribution < 1.29 is 23.4 Å². The Bertz CT molecular complexity index is 856. The highest BCUT2D eigenvalue weighted by Crippen LogP contribution is 2.32. The van der Waals surface area contributed by atoms with Crippen LogP contribution in [0.5, 0.6) is 5.75 Å². The van der Waals surface area contributed by atoms with Gasteiger partial charge in [-0.15, -0.1) is 0 Å². The van der Waals surface area contributed by atoms with Crippen molar-refractivity contribution in [2.45, 2.75) is 30.4 Å². The summed E-state index contributed by atoms with van der Waals surface area (Å²) < 4.78 is 33.1. The summed E-state index contributed by atoms with van der Waals surface area (Å²) in [5.41, 5.74) is -0.247. The standard InChI is InChI=1S/C20H28N2O5S/c1-20(2,15-23)21-13-16(24)14-22(18-11-7-8-12-19(18)27-3)28(25,26)17-9-5-4-6-10-17/h4-12,16,21,23-24H,13-15H2,1-3H3/t16-/m1/s1. The lowest BCUT2D eigenvalue weighted by molar-refractivity contribution is 0.140. The molecule has 28 heavy (non-hydrogen) atoms. The van der Waals surface area contributed by atoms with Crippen molar-refractivity contribution in [3.05, 3.63) is 54.6 Å². The summed E-state index contributed by atoms with van der Waals surface area (Å²) in [6, 6.07) is 14.8. The Hall–Kier alpha value is -2.13. The number of nitrogens with zero attached hydrogens (tertiary/aromatic N) is 1. The van der Waals surface area contributed by atoms with E-state index in [-0.39, 0.29) is 24.6 Å². The summed E-state index contributed by atoms with van der Waals surface area (Å²) >= 11 is 0. The fourth-order valence-electron chi connectivity index (χ4n) is 2.59. The molecule has 0 aliphatic heterocycles. The van der Waals surface area contributed by atoms with E-state index in [1.807, 2.05) is 0 Å². The lowest BCUT2D eigenvalue weighted by Crippen LogP contribution is -2.49. The first kappa shape index (κ1) is 22.2. The van der Waals surface area contributed by atoms with Gasteiger partial charge >= 0.3 is 0 Å². The molecule has 0 saturated carbocycles. The zero-order chi connectivity index (χ0) is 20.8. The maximum Gasteiger partial charge on any atom is 0.264 e. The molecule has 2 aromatic carbocycles. The first-order valence-corrected chi connectivity index (χ1v) is 10.4. The number of nitrogens with one attached hydrogen (secondary N) is 1. The molecular formula is C20H28N2O5S. The lowest BCUT2D eigenvalue weighted by atomic mass is 10.1. The molecule has 0 fully saturated rings. The van der Waals surface area contributed by atoms with Gasteiger partial charge in [0.2, 0.25) is 0 Å². The molecule has 2 aromatic rings. The first-order chi connectivity index (χ1) is 13.2. The molecule has 0 unspecified atom stereocenters. The molecule has 1 atom stereocenters. The molecule has 0 aliphatic carbocycles. The van der Waals surface area contributed by atoms with Gasteiger partial charge in [-0.1, -0.05) is 30.3 Å². The predicted octanol–water partition coefficient (Wildman–Crippen LogP) is 1.61. The van der Waals surface area contributed by atoms with E-state index < -0.39 is 21.7 Å². The molecule has 2 rings (SSSR count). The van der Waals surface area contributed by atoms with Gasteiger partial charge in [-0.25, -0.2) is 8.42 Å². The van der Waals surface area contributed by atoms with Crippen molar-refractivity contribution in [1.29, 1.82) is 0 Å². The van der Waals surface area contributed by atoms with Crippen LogP contribution in [0.3, 0.4) is 0 Å². The number of hydrogen-bond donors (Lipinski definition) is 3. The molecule has 0 bridgehead atoms. The number of aliphatic hydroxyl groups is 2. The molecule has 0 heterocycles. The number of hydrogen-bond acceptors (Lipinski definition) is 6. The number of aliphatic hydroxyl groups excluding tert-OH is 2. The van der Waals surface area contributed by atoms with E-state index in [2.05, 4.69) is 5.32 Å². The van der Waals surface area contributed by atoms with Crippen molar-refractivity contribution in [3.63, 3.8) is 0 Å². The van der Waals surface area contributed by atoms with Gasteiger partial charge in [0.15, 0.2) is 0 Å². The topological polar surface area (TPSA) is 99.1 Å². The maximum absolute atomic E-state index is 13.3. The Morgan fingerprint density at radius 3 is 2.32 bits per heavy atom. The van der Waals surface area contributed by atoms with E-state index in [9.17, 15) is 18.6 Å². The number of rotatable bonds is 10. The summed E-state index contributed by atoms with van der Waals surface area (Å²) in [5, 5.41) is 22.9. The average molecular weight is 409 g/mol. The number of ether oxygens (including phenoxy) is 1. The molecule has 0 radical (unpaired) electrons. The van der Waals surface area contributed by atoms with E-state index >= 15 is 0 Å². The maximum atomic E-state index is 13.3. The van der Waals surface area contributed by atoms with Crippen molar-refractivity contribution >= 4 is 15.7 Å². The molecule has 0 saturated heterocycles. The molecule has 3 N–H and O–H groups in total. The molecule has 0 aromatic heterocycles. The van der Waals surface area contributed by atoms with Crippen LogP contribution in [-0.2, 0) is 10.0 Å². The minimum atomic E-state index is -3.92. The molecule has 0 amide bonds. The van der Waals surface area contributed by atoms with Crippen LogP contribution >= 0.6 is 0 Å². The van der Waals surface area contributed by atoms with Crippen molar-refractivity contribution in [3.8, 4) is 5.75 Å². The molecule has 154 valence electrons. The van der Waals surface area contributed by atoms with Gasteiger partial charge in [-0.05, 0) is 38.1 Å². The number of sulfonamides is 1. The van der Waals surface area contributed by atoms with Crippen LogP contribution < -0.4 is 14.4 Å². The monoisotopic (exact) mass is 408 g/mol. The van der Waals surface area contributed by atoms with Crippen LogP contribution in [0.2, 0.25) is 0 Å². The second-order valence-electron chi connectivity index (χ2n) is 7.10. The van der Waals surface area contributed by atoms with E-state index in [0.717, 1.165) is 4.31 Å². The number of methoxy groups -OCH3 is 1. The van der Waals surface area contributed by atoms with Crippen molar-refractivity contribution in [1.82, 2.24) is 5.32 Å². The van der Waals surface area contributed by atoms with Crippen LogP contribution in [0.25, 0.3) is 0 Å². The van der Waals surface area contributed by atoms with Crippen LogP contribution in [0.4, 0.5) is 5.69 Å². The van der Waals surface area contributed by atoms with Crippen LogP contribution in [0.1, 0.15) is 13.8 Å². The quantitative estimate of drug-likeness (QED) is 0.552. The van der Waals surface area contributed by atoms with E-state index in [4.69, 9.17) is 4.74 Å². The normalized spacial score (nSPS) is 13.2. The van der Waals surface area contributed by atoms with E-state index in [0.29, 0.717) is 11.4 Å². The van der Waals surface area contributed by atoms with Crippen LogP contribution in [0, 0.1) is 0 Å². The predicted molar refractivity (Wildman–Crippen MR) is 109 cm³/mol. The summed E-state index contributed by atoms with van der Waals surface area (Å²) in [6.07, 6.45) is -1.01. The van der Waals surface area contributed by atoms with Crippen LogP contribution in [0.15, 0.2) is 59.5 Å². The van der Waals surface area contributed by atoms with E-state index in [1.165, 1.54) is 19.2 Å². The third-order valence-electron chi connectivity index (χ3n) is 4.27. The van der Waals surface area contributed by atoms with Gasteiger partial charge in [0.05, 0.1) is 36.9 Å². The second-order valence-corrected chi connectivity index (χ2v) is 8.96. The fraction of sp³-hybridized carbons (Fsp3) is 0.400. The van der Waals surface area contributed by atoms with Gasteiger partial charge < -0.3 is 20.3 Å². The molecular weight excluding hydrogens is 380 g/mol. The Labute approximate surface area is 166 Å². The Balaban J connectivity index is 2.37. The number of para-hydroxylation sites is 2. The summed E-state index contributed by atoms with van der Waals surface area (Å²) in [6.45, 7) is 3.41. The highest BCUT2D eigenvalue weighted by molar-refractivity contribution is 7.92.